The molecule has 13 heavy (non-hydrogen) atoms. The van der Waals surface area contributed by atoms with Crippen LogP contribution in [0.25, 0.3) is 6.08 Å². The van der Waals surface area contributed by atoms with Gasteiger partial charge in [-0.25, -0.2) is 4.79 Å². The average molecular weight is 400 g/mol. The number of hydrogen-bond acceptors (Lipinski definition) is 1. The van der Waals surface area contributed by atoms with Crippen LogP contribution < -0.4 is 0 Å². The van der Waals surface area contributed by atoms with Gasteiger partial charge >= 0.3 is 5.97 Å². The Morgan fingerprint density at radius 1 is 1.38 bits per heavy atom. The first-order valence-electron chi connectivity index (χ1n) is 3.41. The van der Waals surface area contributed by atoms with Gasteiger partial charge in [0.25, 0.3) is 0 Å². The molecule has 0 atom stereocenters. The van der Waals surface area contributed by atoms with Crippen molar-refractivity contribution < 1.29 is 9.90 Å². The lowest BCUT2D eigenvalue weighted by Gasteiger charge is -2.03. The van der Waals surface area contributed by atoms with Gasteiger partial charge in [-0.1, -0.05) is 12.7 Å². The summed E-state index contributed by atoms with van der Waals surface area (Å²) in [6, 6.07) is 3.28. The fraction of sp³-hybridized carbons (Fsp3) is 0. The summed E-state index contributed by atoms with van der Waals surface area (Å²) in [5, 5.41) is 8.76. The smallest absolute Gasteiger partial charge is 0.335 e. The number of carbonyl (C=O) groups is 1. The molecule has 0 aliphatic heterocycles. The predicted octanol–water partition coefficient (Wildman–Crippen LogP) is 3.24. The summed E-state index contributed by atoms with van der Waals surface area (Å²) in [5.74, 6) is -0.897. The zero-order chi connectivity index (χ0) is 10.0. The number of carboxylic acids is 1. The van der Waals surface area contributed by atoms with Crippen LogP contribution in [0.5, 0.6) is 0 Å². The molecule has 1 aromatic rings. The Bertz CT molecular complexity index is 349. The molecule has 68 valence electrons. The van der Waals surface area contributed by atoms with Crippen LogP contribution in [-0.4, -0.2) is 11.1 Å². The standard InChI is InChI=1S/C9H6I2O2/c1-2-6-7(10)3-5(9(12)13)4-8(6)11/h2-4H,1H2,(H,12,13). The minimum Gasteiger partial charge on any atom is -0.478 e. The van der Waals surface area contributed by atoms with E-state index in [1.807, 2.05) is 0 Å². The Morgan fingerprint density at radius 3 is 2.15 bits per heavy atom. The summed E-state index contributed by atoms with van der Waals surface area (Å²) in [5.41, 5.74) is 1.31. The van der Waals surface area contributed by atoms with E-state index in [2.05, 4.69) is 51.8 Å². The van der Waals surface area contributed by atoms with E-state index in [1.54, 1.807) is 18.2 Å². The molecule has 1 aromatic carbocycles. The lowest BCUT2D eigenvalue weighted by Crippen LogP contribution is -1.99. The van der Waals surface area contributed by atoms with Crippen molar-refractivity contribution in [2.45, 2.75) is 0 Å². The van der Waals surface area contributed by atoms with Crippen LogP contribution >= 0.6 is 45.2 Å². The predicted molar refractivity (Wildman–Crippen MR) is 68.9 cm³/mol. The minimum absolute atomic E-state index is 0.319. The van der Waals surface area contributed by atoms with Crippen LogP contribution in [0.4, 0.5) is 0 Å². The van der Waals surface area contributed by atoms with E-state index in [0.29, 0.717) is 5.56 Å². The molecule has 4 heteroatoms. The van der Waals surface area contributed by atoms with E-state index < -0.39 is 5.97 Å². The van der Waals surface area contributed by atoms with E-state index >= 15 is 0 Å². The molecule has 0 unspecified atom stereocenters. The maximum atomic E-state index is 10.7. The van der Waals surface area contributed by atoms with Crippen molar-refractivity contribution in [1.29, 1.82) is 0 Å². The molecule has 0 aliphatic rings. The largest absolute Gasteiger partial charge is 0.478 e. The van der Waals surface area contributed by atoms with Crippen molar-refractivity contribution in [3.8, 4) is 0 Å². The third-order valence-electron chi connectivity index (χ3n) is 1.53. The van der Waals surface area contributed by atoms with Gasteiger partial charge in [0, 0.05) is 12.7 Å². The van der Waals surface area contributed by atoms with Crippen LogP contribution in [0.15, 0.2) is 18.7 Å². The molecule has 0 saturated heterocycles. The normalized spacial score (nSPS) is 9.69. The number of hydrogen-bond donors (Lipinski definition) is 1. The molecule has 0 fully saturated rings. The van der Waals surface area contributed by atoms with Crippen molar-refractivity contribution in [3.05, 3.63) is 37.0 Å². The van der Waals surface area contributed by atoms with Gasteiger partial charge in [0.1, 0.15) is 0 Å². The van der Waals surface area contributed by atoms with Gasteiger partial charge in [0.15, 0.2) is 0 Å². The fourth-order valence-corrected chi connectivity index (χ4v) is 3.11. The molecular weight excluding hydrogens is 394 g/mol. The molecule has 0 heterocycles. The number of rotatable bonds is 2. The summed E-state index contributed by atoms with van der Waals surface area (Å²) >= 11 is 4.21. The molecule has 0 bridgehead atoms. The van der Waals surface area contributed by atoms with Crippen LogP contribution in [0.1, 0.15) is 15.9 Å². The van der Waals surface area contributed by atoms with Gasteiger partial charge in [0.2, 0.25) is 0 Å². The molecule has 0 aromatic heterocycles. The Kier molecular flexibility index (Phi) is 3.72. The molecule has 0 amide bonds. The average Bonchev–Trinajstić information content (AvgIpc) is 2.03. The first-order valence-corrected chi connectivity index (χ1v) is 5.56. The van der Waals surface area contributed by atoms with E-state index in [-0.39, 0.29) is 0 Å². The molecular formula is C9H6I2O2. The van der Waals surface area contributed by atoms with E-state index in [9.17, 15) is 4.79 Å². The summed E-state index contributed by atoms with van der Waals surface area (Å²) in [6.07, 6.45) is 1.73. The number of halogens is 2. The maximum Gasteiger partial charge on any atom is 0.335 e. The molecule has 0 saturated carbocycles. The van der Waals surface area contributed by atoms with E-state index in [1.165, 1.54) is 0 Å². The molecule has 0 spiro atoms. The zero-order valence-electron chi connectivity index (χ0n) is 6.55. The Balaban J connectivity index is 3.36. The number of carboxylic acid groups (broad SMARTS) is 1. The van der Waals surface area contributed by atoms with Gasteiger partial charge < -0.3 is 5.11 Å². The number of benzene rings is 1. The van der Waals surface area contributed by atoms with Crippen molar-refractivity contribution in [3.63, 3.8) is 0 Å². The van der Waals surface area contributed by atoms with Crippen LogP contribution in [0.2, 0.25) is 0 Å². The third kappa shape index (κ3) is 2.43. The second-order valence-corrected chi connectivity index (χ2v) is 4.69. The highest BCUT2D eigenvalue weighted by Crippen LogP contribution is 2.22. The van der Waals surface area contributed by atoms with Gasteiger partial charge in [0.05, 0.1) is 5.56 Å². The SMILES string of the molecule is C=Cc1c(I)cc(C(=O)O)cc1I. The minimum atomic E-state index is -0.897. The fourth-order valence-electron chi connectivity index (χ4n) is 0.903. The van der Waals surface area contributed by atoms with Crippen molar-refractivity contribution >= 4 is 57.2 Å². The van der Waals surface area contributed by atoms with Gasteiger partial charge in [-0.2, -0.15) is 0 Å². The molecule has 1 N–H and O–H groups in total. The van der Waals surface area contributed by atoms with Gasteiger partial charge in [-0.05, 0) is 57.3 Å². The highest BCUT2D eigenvalue weighted by molar-refractivity contribution is 14.1. The van der Waals surface area contributed by atoms with Crippen LogP contribution in [-0.2, 0) is 0 Å². The highest BCUT2D eigenvalue weighted by Gasteiger charge is 2.08. The molecule has 0 radical (unpaired) electrons. The number of aromatic carboxylic acids is 1. The first kappa shape index (κ1) is 11.0. The van der Waals surface area contributed by atoms with E-state index in [0.717, 1.165) is 12.7 Å². The second kappa shape index (κ2) is 4.41. The van der Waals surface area contributed by atoms with Crippen molar-refractivity contribution in [2.75, 3.05) is 0 Å². The van der Waals surface area contributed by atoms with Gasteiger partial charge in [-0.15, -0.1) is 0 Å². The maximum absolute atomic E-state index is 10.7. The van der Waals surface area contributed by atoms with Crippen molar-refractivity contribution in [1.82, 2.24) is 0 Å². The summed E-state index contributed by atoms with van der Waals surface area (Å²) in [7, 11) is 0. The Labute approximate surface area is 103 Å². The lowest BCUT2D eigenvalue weighted by atomic mass is 10.1. The third-order valence-corrected chi connectivity index (χ3v) is 3.32. The highest BCUT2D eigenvalue weighted by atomic mass is 127. The second-order valence-electron chi connectivity index (χ2n) is 2.36. The monoisotopic (exact) mass is 400 g/mol. The summed E-state index contributed by atoms with van der Waals surface area (Å²) < 4.78 is 1.83. The zero-order valence-corrected chi connectivity index (χ0v) is 10.9. The summed E-state index contributed by atoms with van der Waals surface area (Å²) in [6.45, 7) is 3.67. The van der Waals surface area contributed by atoms with Crippen LogP contribution in [0, 0.1) is 7.14 Å². The van der Waals surface area contributed by atoms with Gasteiger partial charge in [-0.3, -0.25) is 0 Å². The first-order chi connectivity index (χ1) is 6.06. The van der Waals surface area contributed by atoms with Crippen molar-refractivity contribution in [2.24, 2.45) is 0 Å². The van der Waals surface area contributed by atoms with Crippen LogP contribution in [0.3, 0.4) is 0 Å². The Hall–Kier alpha value is -0.110. The topological polar surface area (TPSA) is 37.3 Å². The summed E-state index contributed by atoms with van der Waals surface area (Å²) in [4.78, 5) is 10.7. The van der Waals surface area contributed by atoms with E-state index in [4.69, 9.17) is 5.11 Å². The molecule has 1 rings (SSSR count). The quantitative estimate of drug-likeness (QED) is 0.775. The molecule has 2 nitrogen and oxygen atoms in total. The lowest BCUT2D eigenvalue weighted by molar-refractivity contribution is 0.0696. The Morgan fingerprint density at radius 2 is 1.85 bits per heavy atom. The molecule has 0 aliphatic carbocycles.